The van der Waals surface area contributed by atoms with E-state index in [9.17, 15) is 4.79 Å². The minimum atomic E-state index is -0.436. The van der Waals surface area contributed by atoms with Crippen molar-refractivity contribution in [1.29, 1.82) is 0 Å². The predicted octanol–water partition coefficient (Wildman–Crippen LogP) is 1.97. The van der Waals surface area contributed by atoms with Gasteiger partial charge >= 0.3 is 5.97 Å². The zero-order chi connectivity index (χ0) is 14.1. The topological polar surface area (TPSA) is 66.2 Å². The fourth-order valence-corrected chi connectivity index (χ4v) is 1.74. The van der Waals surface area contributed by atoms with Crippen LogP contribution < -0.4 is 0 Å². The summed E-state index contributed by atoms with van der Waals surface area (Å²) >= 11 is 0. The molecule has 0 spiro atoms. The van der Waals surface area contributed by atoms with Crippen molar-refractivity contribution < 1.29 is 14.3 Å². The molecule has 1 aromatic heterocycles. The van der Waals surface area contributed by atoms with E-state index in [1.807, 2.05) is 6.92 Å². The summed E-state index contributed by atoms with van der Waals surface area (Å²) in [5.41, 5.74) is 1.06. The number of ether oxygens (including phenoxy) is 2. The van der Waals surface area contributed by atoms with Crippen molar-refractivity contribution in [2.75, 3.05) is 20.3 Å². The van der Waals surface area contributed by atoms with Crippen LogP contribution in [0.1, 0.15) is 48.8 Å². The Bertz CT molecular complexity index is 390. The zero-order valence-corrected chi connectivity index (χ0v) is 12.0. The highest BCUT2D eigenvalue weighted by Gasteiger charge is 2.17. The largest absolute Gasteiger partial charge is 0.458 e. The Morgan fingerprint density at radius 2 is 2.05 bits per heavy atom. The smallest absolute Gasteiger partial charge is 0.360 e. The summed E-state index contributed by atoms with van der Waals surface area (Å²) in [7, 11) is 1.56. The first-order valence-corrected chi connectivity index (χ1v) is 6.76. The van der Waals surface area contributed by atoms with E-state index >= 15 is 0 Å². The molecule has 0 aromatic carbocycles. The highest BCUT2D eigenvalue weighted by molar-refractivity contribution is 5.88. The third-order valence-electron chi connectivity index (χ3n) is 2.92. The molecule has 0 bridgehead atoms. The lowest BCUT2D eigenvalue weighted by Crippen LogP contribution is -2.12. The Hall–Kier alpha value is -1.43. The highest BCUT2D eigenvalue weighted by atomic mass is 16.6. The fourth-order valence-electron chi connectivity index (χ4n) is 1.74. The van der Waals surface area contributed by atoms with Gasteiger partial charge in [0.2, 0.25) is 0 Å². The van der Waals surface area contributed by atoms with Gasteiger partial charge in [-0.2, -0.15) is 0 Å². The number of aryl methyl sites for hydroxylation is 1. The minimum absolute atomic E-state index is 0.234. The lowest BCUT2D eigenvalue weighted by Gasteiger charge is -2.04. The van der Waals surface area contributed by atoms with Crippen molar-refractivity contribution in [3.8, 4) is 0 Å². The lowest BCUT2D eigenvalue weighted by molar-refractivity contribution is 0.0380. The molecule has 1 rings (SSSR count). The van der Waals surface area contributed by atoms with Crippen LogP contribution in [-0.2, 0) is 16.0 Å². The fraction of sp³-hybridized carbons (Fsp3) is 0.769. The SMILES string of the molecule is CCCCCCn1nnc(C(=O)OCCOC)c1C. The number of hydrogen-bond acceptors (Lipinski definition) is 5. The maximum Gasteiger partial charge on any atom is 0.360 e. The van der Waals surface area contributed by atoms with E-state index in [0.717, 1.165) is 18.7 Å². The van der Waals surface area contributed by atoms with E-state index in [2.05, 4.69) is 17.2 Å². The monoisotopic (exact) mass is 269 g/mol. The van der Waals surface area contributed by atoms with E-state index in [1.165, 1.54) is 19.3 Å². The van der Waals surface area contributed by atoms with Gasteiger partial charge in [-0.25, -0.2) is 9.48 Å². The van der Waals surface area contributed by atoms with Crippen molar-refractivity contribution in [2.45, 2.75) is 46.1 Å². The van der Waals surface area contributed by atoms with Gasteiger partial charge in [0.1, 0.15) is 6.61 Å². The average Bonchev–Trinajstić information content (AvgIpc) is 2.76. The second kappa shape index (κ2) is 8.63. The van der Waals surface area contributed by atoms with E-state index in [-0.39, 0.29) is 6.61 Å². The molecule has 1 aromatic rings. The van der Waals surface area contributed by atoms with Crippen molar-refractivity contribution in [3.63, 3.8) is 0 Å². The number of hydrogen-bond donors (Lipinski definition) is 0. The summed E-state index contributed by atoms with van der Waals surface area (Å²) < 4.78 is 11.6. The van der Waals surface area contributed by atoms with Crippen LogP contribution in [0.4, 0.5) is 0 Å². The molecule has 0 unspecified atom stereocenters. The average molecular weight is 269 g/mol. The Morgan fingerprint density at radius 3 is 2.74 bits per heavy atom. The van der Waals surface area contributed by atoms with Crippen LogP contribution >= 0.6 is 0 Å². The summed E-state index contributed by atoms with van der Waals surface area (Å²) in [6.07, 6.45) is 4.65. The molecule has 0 N–H and O–H groups in total. The second-order valence-electron chi connectivity index (χ2n) is 4.44. The normalized spacial score (nSPS) is 10.7. The van der Waals surface area contributed by atoms with Gasteiger partial charge in [-0.05, 0) is 13.3 Å². The molecule has 0 fully saturated rings. The van der Waals surface area contributed by atoms with E-state index in [4.69, 9.17) is 9.47 Å². The highest BCUT2D eigenvalue weighted by Crippen LogP contribution is 2.08. The van der Waals surface area contributed by atoms with Gasteiger partial charge in [-0.3, -0.25) is 0 Å². The van der Waals surface area contributed by atoms with Gasteiger partial charge in [0.15, 0.2) is 5.69 Å². The summed E-state index contributed by atoms with van der Waals surface area (Å²) in [6.45, 7) is 5.43. The number of carbonyl (C=O) groups excluding carboxylic acids is 1. The van der Waals surface area contributed by atoms with Crippen LogP contribution in [0.25, 0.3) is 0 Å². The number of aromatic nitrogens is 3. The first-order chi connectivity index (χ1) is 9.20. The summed E-state index contributed by atoms with van der Waals surface area (Å²) in [6, 6.07) is 0. The van der Waals surface area contributed by atoms with E-state index in [1.54, 1.807) is 11.8 Å². The van der Waals surface area contributed by atoms with Crippen molar-refractivity contribution in [3.05, 3.63) is 11.4 Å². The Balaban J connectivity index is 2.47. The Kier molecular flexibility index (Phi) is 7.10. The minimum Gasteiger partial charge on any atom is -0.458 e. The standard InChI is InChI=1S/C13H23N3O3/c1-4-5-6-7-8-16-11(2)12(14-15-16)13(17)19-10-9-18-3/h4-10H2,1-3H3. The molecule has 0 aliphatic rings. The first-order valence-electron chi connectivity index (χ1n) is 6.76. The van der Waals surface area contributed by atoms with Crippen LogP contribution in [-0.4, -0.2) is 41.3 Å². The van der Waals surface area contributed by atoms with Crippen LogP contribution in [0.2, 0.25) is 0 Å². The van der Waals surface area contributed by atoms with Crippen molar-refractivity contribution in [2.24, 2.45) is 0 Å². The first kappa shape index (κ1) is 15.6. The van der Waals surface area contributed by atoms with E-state index < -0.39 is 5.97 Å². The lowest BCUT2D eigenvalue weighted by atomic mass is 10.2. The molecular formula is C13H23N3O3. The number of carbonyl (C=O) groups is 1. The molecule has 1 heterocycles. The molecule has 0 saturated heterocycles. The maximum atomic E-state index is 11.7. The van der Waals surface area contributed by atoms with Crippen LogP contribution in [0.3, 0.4) is 0 Å². The van der Waals surface area contributed by atoms with Gasteiger partial charge in [0.05, 0.1) is 12.3 Å². The number of rotatable bonds is 9. The number of unbranched alkanes of at least 4 members (excludes halogenated alkanes) is 3. The van der Waals surface area contributed by atoms with Gasteiger partial charge < -0.3 is 9.47 Å². The Labute approximate surface area is 114 Å². The molecule has 0 aliphatic carbocycles. The summed E-state index contributed by atoms with van der Waals surface area (Å²) in [4.78, 5) is 11.7. The maximum absolute atomic E-state index is 11.7. The van der Waals surface area contributed by atoms with E-state index in [0.29, 0.717) is 12.3 Å². The predicted molar refractivity (Wildman–Crippen MR) is 71.1 cm³/mol. The van der Waals surface area contributed by atoms with Crippen LogP contribution in [0.15, 0.2) is 0 Å². The molecule has 6 nitrogen and oxygen atoms in total. The Morgan fingerprint density at radius 1 is 1.26 bits per heavy atom. The van der Waals surface area contributed by atoms with Gasteiger partial charge in [-0.1, -0.05) is 31.4 Å². The third-order valence-corrected chi connectivity index (χ3v) is 2.92. The van der Waals surface area contributed by atoms with Crippen molar-refractivity contribution >= 4 is 5.97 Å². The van der Waals surface area contributed by atoms with Gasteiger partial charge in [0.25, 0.3) is 0 Å². The third kappa shape index (κ3) is 4.98. The quantitative estimate of drug-likeness (QED) is 0.506. The second-order valence-corrected chi connectivity index (χ2v) is 4.44. The molecule has 0 atom stereocenters. The zero-order valence-electron chi connectivity index (χ0n) is 12.0. The van der Waals surface area contributed by atoms with Crippen LogP contribution in [0, 0.1) is 6.92 Å². The number of methoxy groups -OCH3 is 1. The molecular weight excluding hydrogens is 246 g/mol. The van der Waals surface area contributed by atoms with Crippen molar-refractivity contribution in [1.82, 2.24) is 15.0 Å². The van der Waals surface area contributed by atoms with Gasteiger partial charge in [-0.15, -0.1) is 5.10 Å². The summed E-state index contributed by atoms with van der Waals surface area (Å²) in [5.74, 6) is -0.436. The molecule has 0 amide bonds. The number of esters is 1. The molecule has 6 heteroatoms. The number of nitrogens with zero attached hydrogens (tertiary/aromatic N) is 3. The molecule has 0 aliphatic heterocycles. The van der Waals surface area contributed by atoms with Crippen LogP contribution in [0.5, 0.6) is 0 Å². The summed E-state index contributed by atoms with van der Waals surface area (Å²) in [5, 5.41) is 7.89. The molecule has 0 saturated carbocycles. The van der Waals surface area contributed by atoms with Gasteiger partial charge in [0, 0.05) is 13.7 Å². The molecule has 0 radical (unpaired) electrons. The molecule has 19 heavy (non-hydrogen) atoms. The molecule has 108 valence electrons.